The third kappa shape index (κ3) is 12.8. The molecule has 0 spiro atoms. The van der Waals surface area contributed by atoms with E-state index in [1.807, 2.05) is 13.0 Å². The number of amides is 1. The Morgan fingerprint density at radius 3 is 1.97 bits per heavy atom. The van der Waals surface area contributed by atoms with Crippen LogP contribution in [0.1, 0.15) is 106 Å². The first-order valence-corrected chi connectivity index (χ1v) is 22.3. The second-order valence-electron chi connectivity index (χ2n) is 11.2. The quantitative estimate of drug-likeness (QED) is 0.0992. The average molecular weight is 596 g/mol. The minimum absolute atomic E-state index is 0.00243. The van der Waals surface area contributed by atoms with E-state index >= 15 is 0 Å². The van der Waals surface area contributed by atoms with Gasteiger partial charge in [0.2, 0.25) is 0 Å². The zero-order valence-corrected chi connectivity index (χ0v) is 26.6. The van der Waals surface area contributed by atoms with Gasteiger partial charge in [-0.15, -0.1) is 0 Å². The van der Waals surface area contributed by atoms with Gasteiger partial charge in [-0.05, 0) is 12.8 Å². The molecule has 35 heavy (non-hydrogen) atoms. The van der Waals surface area contributed by atoms with Crippen molar-refractivity contribution >= 4 is 30.3 Å². The summed E-state index contributed by atoms with van der Waals surface area (Å²) in [7, 11) is 0. The summed E-state index contributed by atoms with van der Waals surface area (Å²) >= 11 is -2.28. The molecule has 1 N–H and O–H groups in total. The van der Waals surface area contributed by atoms with E-state index in [1.54, 1.807) is 6.08 Å². The Kier molecular flexibility index (Phi) is 17.0. The zero-order chi connectivity index (χ0) is 26.1. The molecule has 4 nitrogen and oxygen atoms in total. The van der Waals surface area contributed by atoms with Crippen LogP contribution in [0.25, 0.3) is 0 Å². The third-order valence-electron chi connectivity index (χ3n) is 7.62. The Labute approximate surface area is 221 Å². The Balaban J connectivity index is 2.64. The maximum absolute atomic E-state index is 12.5. The van der Waals surface area contributed by atoms with E-state index in [9.17, 15) is 9.59 Å². The normalized spacial score (nSPS) is 16.9. The molecule has 1 saturated carbocycles. The Hall–Kier alpha value is -0.781. The molecule has 1 aliphatic carbocycles. The van der Waals surface area contributed by atoms with Gasteiger partial charge in [-0.25, -0.2) is 0 Å². The predicted molar refractivity (Wildman–Crippen MR) is 152 cm³/mol. The molecule has 1 fully saturated rings. The van der Waals surface area contributed by atoms with Gasteiger partial charge in [0, 0.05) is 0 Å². The summed E-state index contributed by atoms with van der Waals surface area (Å²) in [5.74, 6) is 0.151. The molecule has 0 saturated heterocycles. The second kappa shape index (κ2) is 18.5. The van der Waals surface area contributed by atoms with Gasteiger partial charge in [0.15, 0.2) is 0 Å². The first-order chi connectivity index (χ1) is 16.8. The summed E-state index contributed by atoms with van der Waals surface area (Å²) in [5, 5.41) is 3.05. The molecular formula is C30H55NO3Sn. The van der Waals surface area contributed by atoms with E-state index < -0.39 is 18.4 Å². The van der Waals surface area contributed by atoms with Gasteiger partial charge in [-0.1, -0.05) is 12.8 Å². The van der Waals surface area contributed by atoms with Crippen LogP contribution in [0.4, 0.5) is 0 Å². The summed E-state index contributed by atoms with van der Waals surface area (Å²) in [6.07, 6.45) is 17.6. The van der Waals surface area contributed by atoms with Gasteiger partial charge in [0.25, 0.3) is 0 Å². The maximum atomic E-state index is 12.5. The van der Waals surface area contributed by atoms with Crippen LogP contribution in [0.5, 0.6) is 0 Å². The molecule has 0 aliphatic heterocycles. The van der Waals surface area contributed by atoms with Crippen molar-refractivity contribution < 1.29 is 14.3 Å². The van der Waals surface area contributed by atoms with E-state index in [4.69, 9.17) is 4.74 Å². The summed E-state index contributed by atoms with van der Waals surface area (Å²) in [5.41, 5.74) is 0. The molecule has 0 bridgehead atoms. The first-order valence-electron chi connectivity index (χ1n) is 14.6. The number of carbonyl (C=O) groups is 2. The fourth-order valence-corrected chi connectivity index (χ4v) is 19.7. The molecule has 202 valence electrons. The number of hydrogen-bond acceptors (Lipinski definition) is 3. The molecule has 0 aromatic rings. The fraction of sp³-hybridized carbons (Fsp3) is 0.800. The van der Waals surface area contributed by atoms with Crippen molar-refractivity contribution in [2.75, 3.05) is 6.54 Å². The number of unbranched alkanes of at least 4 members (excludes halogenated alkanes) is 3. The van der Waals surface area contributed by atoms with Gasteiger partial charge >= 0.3 is 196 Å². The molecule has 0 aromatic carbocycles. The predicted octanol–water partition coefficient (Wildman–Crippen LogP) is 8.00. The van der Waals surface area contributed by atoms with Crippen LogP contribution in [0.3, 0.4) is 0 Å². The average Bonchev–Trinajstić information content (AvgIpc) is 3.39. The fourth-order valence-electron chi connectivity index (χ4n) is 5.33. The van der Waals surface area contributed by atoms with Crippen LogP contribution in [0, 0.1) is 17.8 Å². The van der Waals surface area contributed by atoms with E-state index in [1.165, 1.54) is 51.8 Å². The Bertz CT molecular complexity index is 630. The number of rotatable bonds is 18. The third-order valence-corrected chi connectivity index (χ3v) is 21.9. The molecule has 1 rings (SSSR count). The molecule has 0 radical (unpaired) electrons. The molecule has 0 unspecified atom stereocenters. The summed E-state index contributed by atoms with van der Waals surface area (Å²) in [4.78, 5) is 25.0. The van der Waals surface area contributed by atoms with Crippen LogP contribution in [-0.4, -0.2) is 42.9 Å². The number of esters is 1. The van der Waals surface area contributed by atoms with Crippen molar-refractivity contribution in [1.29, 1.82) is 0 Å². The molecule has 1 aliphatic rings. The van der Waals surface area contributed by atoms with Crippen LogP contribution in [0.2, 0.25) is 13.3 Å². The van der Waals surface area contributed by atoms with Gasteiger partial charge < -0.3 is 0 Å². The summed E-state index contributed by atoms with van der Waals surface area (Å²) in [6, 6.07) is 0. The van der Waals surface area contributed by atoms with Gasteiger partial charge in [0.1, 0.15) is 0 Å². The van der Waals surface area contributed by atoms with Crippen LogP contribution in [-0.2, 0) is 14.3 Å². The summed E-state index contributed by atoms with van der Waals surface area (Å²) in [6.45, 7) is 13.7. The minimum atomic E-state index is -2.28. The number of ether oxygens (including phenoxy) is 1. The first kappa shape index (κ1) is 32.2. The Morgan fingerprint density at radius 2 is 1.49 bits per heavy atom. The monoisotopic (exact) mass is 597 g/mol. The molecule has 0 heterocycles. The SMILES string of the molecule is CCC[CH2][Sn](/[CH]=C/CNC(=O)/C=C/[C@@H](C)[C@H](OC(=O)C1CCCC1)C(C)C)([CH2]CCC)[CH2]CCC. The van der Waals surface area contributed by atoms with Gasteiger partial charge in [0.05, 0.1) is 0 Å². The number of carbonyl (C=O) groups excluding carboxylic acids is 2. The second-order valence-corrected chi connectivity index (χ2v) is 24.2. The topological polar surface area (TPSA) is 55.4 Å². The van der Waals surface area contributed by atoms with Crippen LogP contribution in [0.15, 0.2) is 22.3 Å². The number of hydrogen-bond donors (Lipinski definition) is 1. The summed E-state index contributed by atoms with van der Waals surface area (Å²) < 4.78 is 12.8. The van der Waals surface area contributed by atoms with E-state index in [2.05, 4.69) is 50.1 Å². The van der Waals surface area contributed by atoms with Crippen LogP contribution >= 0.6 is 0 Å². The van der Waals surface area contributed by atoms with Crippen molar-refractivity contribution in [3.05, 3.63) is 22.3 Å². The van der Waals surface area contributed by atoms with Crippen molar-refractivity contribution in [1.82, 2.24) is 5.32 Å². The molecule has 0 aromatic heterocycles. The zero-order valence-electron chi connectivity index (χ0n) is 23.7. The van der Waals surface area contributed by atoms with Crippen molar-refractivity contribution in [2.45, 2.75) is 125 Å². The van der Waals surface area contributed by atoms with E-state index in [0.29, 0.717) is 6.54 Å². The van der Waals surface area contributed by atoms with Crippen molar-refractivity contribution in [3.8, 4) is 0 Å². The molecule has 1 amide bonds. The van der Waals surface area contributed by atoms with Crippen LogP contribution < -0.4 is 5.32 Å². The molecule has 2 atom stereocenters. The van der Waals surface area contributed by atoms with Gasteiger partial charge in [-0.2, -0.15) is 0 Å². The van der Waals surface area contributed by atoms with E-state index in [-0.39, 0.29) is 35.7 Å². The van der Waals surface area contributed by atoms with Crippen molar-refractivity contribution in [2.24, 2.45) is 17.8 Å². The number of nitrogens with one attached hydrogen (secondary N) is 1. The standard InChI is InChI=1S/C18H28NO3.3C4H9.Sn/c1-5-12-19-16(20)11-10-14(4)17(13(2)3)22-18(21)15-8-6-7-9-15;3*1-3-4-2;/h1,5,10-11,13-15,17H,6-9,12H2,2-4H3,(H,19,20);3*1,3-4H2,2H3;/b5-1?,11-10+;;;;/t14-,17-;;;;/m1..../s1. The Morgan fingerprint density at radius 1 is 0.943 bits per heavy atom. The van der Waals surface area contributed by atoms with Crippen molar-refractivity contribution in [3.63, 3.8) is 0 Å². The molecular weight excluding hydrogens is 541 g/mol. The van der Waals surface area contributed by atoms with Gasteiger partial charge in [-0.3, -0.25) is 0 Å². The molecule has 5 heteroatoms. The van der Waals surface area contributed by atoms with E-state index in [0.717, 1.165) is 25.7 Å².